The summed E-state index contributed by atoms with van der Waals surface area (Å²) in [5, 5.41) is 0.726. The Morgan fingerprint density at radius 1 is 1.25 bits per heavy atom. The molecule has 1 atom stereocenters. The molecule has 1 heterocycles. The molecule has 0 saturated carbocycles. The van der Waals surface area contributed by atoms with Gasteiger partial charge in [-0.15, -0.1) is 0 Å². The minimum Gasteiger partial charge on any atom is -0.361 e. The zero-order valence-electron chi connectivity index (χ0n) is 15.1. The van der Waals surface area contributed by atoms with Crippen LogP contribution < -0.4 is 0 Å². The average molecular weight is 350 g/mol. The molecule has 24 heavy (non-hydrogen) atoms. The molecule has 0 saturated heterocycles. The lowest BCUT2D eigenvalue weighted by atomic mass is 9.94. The zero-order chi connectivity index (χ0) is 17.6. The SMILES string of the molecule is CCCCn1ccnc1C(C)(OCCN(C)C)c1ccc(Cl)cc1. The first kappa shape index (κ1) is 19.0. The number of rotatable bonds is 9. The van der Waals surface area contributed by atoms with Gasteiger partial charge >= 0.3 is 0 Å². The van der Waals surface area contributed by atoms with E-state index in [0.717, 1.165) is 42.3 Å². The van der Waals surface area contributed by atoms with Crippen molar-refractivity contribution in [3.63, 3.8) is 0 Å². The van der Waals surface area contributed by atoms with Crippen molar-refractivity contribution in [2.45, 2.75) is 38.8 Å². The van der Waals surface area contributed by atoms with Gasteiger partial charge in [-0.05, 0) is 45.1 Å². The molecule has 0 aliphatic carbocycles. The monoisotopic (exact) mass is 349 g/mol. The van der Waals surface area contributed by atoms with E-state index >= 15 is 0 Å². The molecule has 2 aromatic rings. The zero-order valence-corrected chi connectivity index (χ0v) is 15.9. The van der Waals surface area contributed by atoms with E-state index < -0.39 is 5.60 Å². The number of benzene rings is 1. The van der Waals surface area contributed by atoms with Crippen LogP contribution in [0.2, 0.25) is 5.02 Å². The van der Waals surface area contributed by atoms with Crippen molar-refractivity contribution >= 4 is 11.6 Å². The highest BCUT2D eigenvalue weighted by molar-refractivity contribution is 6.30. The van der Waals surface area contributed by atoms with Gasteiger partial charge in [-0.2, -0.15) is 0 Å². The van der Waals surface area contributed by atoms with Gasteiger partial charge in [0, 0.05) is 30.5 Å². The minimum absolute atomic E-state index is 0.599. The number of unbranched alkanes of at least 4 members (excludes halogenated alkanes) is 1. The maximum Gasteiger partial charge on any atom is 0.148 e. The number of halogens is 1. The van der Waals surface area contributed by atoms with Gasteiger partial charge in [0.2, 0.25) is 0 Å². The maximum absolute atomic E-state index is 6.36. The van der Waals surface area contributed by atoms with Gasteiger partial charge in [0.05, 0.1) is 6.61 Å². The van der Waals surface area contributed by atoms with Gasteiger partial charge in [-0.25, -0.2) is 4.98 Å². The third-order valence-corrected chi connectivity index (χ3v) is 4.47. The molecule has 0 amide bonds. The van der Waals surface area contributed by atoms with Crippen molar-refractivity contribution in [2.24, 2.45) is 0 Å². The molecule has 4 nitrogen and oxygen atoms in total. The standard InChI is InChI=1S/C19H28ClN3O/c1-5-6-12-23-13-11-21-18(23)19(2,24-15-14-22(3)4)16-7-9-17(20)10-8-16/h7-11,13H,5-6,12,14-15H2,1-4H3. The molecule has 0 bridgehead atoms. The van der Waals surface area contributed by atoms with E-state index in [-0.39, 0.29) is 0 Å². The number of imidazole rings is 1. The summed E-state index contributed by atoms with van der Waals surface area (Å²) in [6, 6.07) is 7.86. The Labute approximate surface area is 150 Å². The Kier molecular flexibility index (Phi) is 6.84. The number of aromatic nitrogens is 2. The van der Waals surface area contributed by atoms with Crippen molar-refractivity contribution in [2.75, 3.05) is 27.2 Å². The Bertz CT molecular complexity index is 624. The van der Waals surface area contributed by atoms with E-state index in [2.05, 4.69) is 28.3 Å². The molecule has 0 fully saturated rings. The molecule has 1 aromatic heterocycles. The van der Waals surface area contributed by atoms with Crippen LogP contribution in [-0.4, -0.2) is 41.7 Å². The van der Waals surface area contributed by atoms with E-state index in [1.54, 1.807) is 0 Å². The summed E-state index contributed by atoms with van der Waals surface area (Å²) in [7, 11) is 4.09. The Morgan fingerprint density at radius 2 is 1.96 bits per heavy atom. The lowest BCUT2D eigenvalue weighted by Gasteiger charge is -2.31. The molecular weight excluding hydrogens is 322 g/mol. The fraction of sp³-hybridized carbons (Fsp3) is 0.526. The smallest absolute Gasteiger partial charge is 0.148 e. The molecule has 0 N–H and O–H groups in total. The third kappa shape index (κ3) is 4.59. The quantitative estimate of drug-likeness (QED) is 0.680. The lowest BCUT2D eigenvalue weighted by Crippen LogP contribution is -2.34. The predicted molar refractivity (Wildman–Crippen MR) is 99.5 cm³/mol. The molecule has 0 aliphatic rings. The highest BCUT2D eigenvalue weighted by atomic mass is 35.5. The topological polar surface area (TPSA) is 30.3 Å². The first-order valence-corrected chi connectivity index (χ1v) is 8.91. The molecule has 5 heteroatoms. The first-order chi connectivity index (χ1) is 11.5. The number of likely N-dealkylation sites (N-methyl/N-ethyl adjacent to an activating group) is 1. The predicted octanol–water partition coefficient (Wildman–Crippen LogP) is 4.18. The first-order valence-electron chi connectivity index (χ1n) is 8.53. The second-order valence-corrected chi connectivity index (χ2v) is 6.93. The van der Waals surface area contributed by atoms with Crippen molar-refractivity contribution in [3.8, 4) is 0 Å². The van der Waals surface area contributed by atoms with E-state index in [1.165, 1.54) is 0 Å². The van der Waals surface area contributed by atoms with E-state index in [1.807, 2.05) is 50.8 Å². The average Bonchev–Trinajstić information content (AvgIpc) is 3.02. The van der Waals surface area contributed by atoms with E-state index in [9.17, 15) is 0 Å². The highest BCUT2D eigenvalue weighted by Crippen LogP contribution is 2.33. The molecule has 0 spiro atoms. The van der Waals surface area contributed by atoms with Gasteiger partial charge in [-0.1, -0.05) is 37.1 Å². The number of hydrogen-bond acceptors (Lipinski definition) is 3. The lowest BCUT2D eigenvalue weighted by molar-refractivity contribution is -0.0186. The molecule has 0 aliphatic heterocycles. The molecular formula is C19H28ClN3O. The number of hydrogen-bond donors (Lipinski definition) is 0. The van der Waals surface area contributed by atoms with Crippen LogP contribution in [-0.2, 0) is 16.9 Å². The van der Waals surface area contributed by atoms with Gasteiger partial charge in [0.25, 0.3) is 0 Å². The fourth-order valence-electron chi connectivity index (χ4n) is 2.71. The summed E-state index contributed by atoms with van der Waals surface area (Å²) in [6.07, 6.45) is 6.16. The summed E-state index contributed by atoms with van der Waals surface area (Å²) >= 11 is 6.06. The van der Waals surface area contributed by atoms with Crippen LogP contribution in [0.1, 0.15) is 38.1 Å². The van der Waals surface area contributed by atoms with E-state index in [4.69, 9.17) is 16.3 Å². The van der Waals surface area contributed by atoms with Crippen LogP contribution in [0.3, 0.4) is 0 Å². The second-order valence-electron chi connectivity index (χ2n) is 6.49. The normalized spacial score (nSPS) is 14.1. The third-order valence-electron chi connectivity index (χ3n) is 4.22. The maximum atomic E-state index is 6.36. The molecule has 2 rings (SSSR count). The van der Waals surface area contributed by atoms with Gasteiger partial charge in [-0.3, -0.25) is 0 Å². The van der Waals surface area contributed by atoms with Gasteiger partial charge in [0.15, 0.2) is 0 Å². The minimum atomic E-state index is -0.599. The second kappa shape index (κ2) is 8.65. The van der Waals surface area contributed by atoms with Crippen molar-refractivity contribution in [1.29, 1.82) is 0 Å². The van der Waals surface area contributed by atoms with E-state index in [0.29, 0.717) is 6.61 Å². The molecule has 1 aromatic carbocycles. The summed E-state index contributed by atoms with van der Waals surface area (Å²) in [6.45, 7) is 6.73. The molecule has 0 radical (unpaired) electrons. The number of nitrogens with zero attached hydrogens (tertiary/aromatic N) is 3. The van der Waals surface area contributed by atoms with Crippen LogP contribution in [0.4, 0.5) is 0 Å². The van der Waals surface area contributed by atoms with Crippen molar-refractivity contribution < 1.29 is 4.74 Å². The number of ether oxygens (including phenoxy) is 1. The van der Waals surface area contributed by atoms with Crippen LogP contribution in [0.15, 0.2) is 36.7 Å². The Hall–Kier alpha value is -1.36. The van der Waals surface area contributed by atoms with Crippen LogP contribution in [0.5, 0.6) is 0 Å². The van der Waals surface area contributed by atoms with Crippen molar-refractivity contribution in [1.82, 2.24) is 14.5 Å². The van der Waals surface area contributed by atoms with Crippen LogP contribution >= 0.6 is 11.6 Å². The largest absolute Gasteiger partial charge is 0.361 e. The number of aryl methyl sites for hydroxylation is 1. The molecule has 132 valence electrons. The Balaban J connectivity index is 2.35. The fourth-order valence-corrected chi connectivity index (χ4v) is 2.84. The van der Waals surface area contributed by atoms with Gasteiger partial charge in [0.1, 0.15) is 11.4 Å². The highest BCUT2D eigenvalue weighted by Gasteiger charge is 2.34. The summed E-state index contributed by atoms with van der Waals surface area (Å²) in [4.78, 5) is 6.75. The van der Waals surface area contributed by atoms with Gasteiger partial charge < -0.3 is 14.2 Å². The van der Waals surface area contributed by atoms with Crippen LogP contribution in [0, 0.1) is 0 Å². The Morgan fingerprint density at radius 3 is 2.58 bits per heavy atom. The van der Waals surface area contributed by atoms with Crippen LogP contribution in [0.25, 0.3) is 0 Å². The summed E-state index contributed by atoms with van der Waals surface area (Å²) < 4.78 is 8.57. The van der Waals surface area contributed by atoms with Crippen molar-refractivity contribution in [3.05, 3.63) is 53.1 Å². The molecule has 1 unspecified atom stereocenters. The summed E-state index contributed by atoms with van der Waals surface area (Å²) in [5.74, 6) is 0.942. The summed E-state index contributed by atoms with van der Waals surface area (Å²) in [5.41, 5.74) is 0.465.